The van der Waals surface area contributed by atoms with E-state index in [1.807, 2.05) is 0 Å². The fourth-order valence-electron chi connectivity index (χ4n) is 3.49. The Balaban J connectivity index is 1.55. The lowest BCUT2D eigenvalue weighted by atomic mass is 10.2. The van der Waals surface area contributed by atoms with E-state index in [-0.39, 0.29) is 16.5 Å². The van der Waals surface area contributed by atoms with Crippen molar-refractivity contribution < 1.29 is 22.6 Å². The Labute approximate surface area is 183 Å². The average molecular weight is 459 g/mol. The predicted octanol–water partition coefficient (Wildman–Crippen LogP) is 3.11. The summed E-state index contributed by atoms with van der Waals surface area (Å²) < 4.78 is 33.6. The minimum Gasteiger partial charge on any atom is -0.438 e. The van der Waals surface area contributed by atoms with Crippen LogP contribution in [0.3, 0.4) is 0 Å². The molecule has 1 N–H and O–H groups in total. The molecule has 0 unspecified atom stereocenters. The standard InChI is InChI=1S/C20H21N5O6S/c1-14-13-18(24(22-14)15-5-7-16(8-6-15)25(27)28)21-20(26)17-9-10-19(31-17)32(29,30)23-11-3-2-4-12-23/h5-10,13H,2-4,11-12H2,1H3,(H,21,26). The maximum absolute atomic E-state index is 12.7. The fraction of sp³-hybridized carbons (Fsp3) is 0.300. The monoisotopic (exact) mass is 459 g/mol. The number of amides is 1. The van der Waals surface area contributed by atoms with Crippen LogP contribution in [-0.2, 0) is 10.0 Å². The van der Waals surface area contributed by atoms with Crippen molar-refractivity contribution in [2.75, 3.05) is 18.4 Å². The van der Waals surface area contributed by atoms with Gasteiger partial charge in [0.2, 0.25) is 5.09 Å². The number of aromatic nitrogens is 2. The molecule has 12 heteroatoms. The number of hydrogen-bond donors (Lipinski definition) is 1. The molecule has 11 nitrogen and oxygen atoms in total. The molecule has 1 saturated heterocycles. The van der Waals surface area contributed by atoms with E-state index in [0.717, 1.165) is 19.3 Å². The minimum atomic E-state index is -3.79. The number of nitro benzene ring substituents is 1. The third-order valence-electron chi connectivity index (χ3n) is 5.09. The first-order chi connectivity index (χ1) is 15.3. The smallest absolute Gasteiger partial charge is 0.292 e. The van der Waals surface area contributed by atoms with Crippen molar-refractivity contribution in [3.8, 4) is 5.69 Å². The van der Waals surface area contributed by atoms with Crippen molar-refractivity contribution in [3.63, 3.8) is 0 Å². The number of rotatable bonds is 6. The van der Waals surface area contributed by atoms with E-state index in [9.17, 15) is 23.3 Å². The van der Waals surface area contributed by atoms with E-state index in [1.54, 1.807) is 13.0 Å². The van der Waals surface area contributed by atoms with Crippen LogP contribution in [-0.4, -0.2) is 46.4 Å². The molecule has 0 atom stereocenters. The normalized spacial score (nSPS) is 14.9. The number of nitrogens with zero attached hydrogens (tertiary/aromatic N) is 4. The first-order valence-electron chi connectivity index (χ1n) is 9.98. The third-order valence-corrected chi connectivity index (χ3v) is 6.87. The summed E-state index contributed by atoms with van der Waals surface area (Å²) >= 11 is 0. The highest BCUT2D eigenvalue weighted by atomic mass is 32.2. The zero-order chi connectivity index (χ0) is 22.9. The Morgan fingerprint density at radius 3 is 2.47 bits per heavy atom. The Bertz CT molecular complexity index is 1260. The van der Waals surface area contributed by atoms with E-state index in [2.05, 4.69) is 10.4 Å². The van der Waals surface area contributed by atoms with Crippen LogP contribution in [0.25, 0.3) is 5.69 Å². The van der Waals surface area contributed by atoms with Gasteiger partial charge < -0.3 is 9.73 Å². The Morgan fingerprint density at radius 2 is 1.81 bits per heavy atom. The van der Waals surface area contributed by atoms with Gasteiger partial charge in [0.05, 0.1) is 16.3 Å². The Kier molecular flexibility index (Phi) is 5.80. The molecule has 0 spiro atoms. The summed E-state index contributed by atoms with van der Waals surface area (Å²) in [5, 5.41) is 17.6. The maximum atomic E-state index is 12.7. The SMILES string of the molecule is Cc1cc(NC(=O)c2ccc(S(=O)(=O)N3CCCCC3)o2)n(-c2ccc([N+](=O)[O-])cc2)n1. The van der Waals surface area contributed by atoms with Gasteiger partial charge in [0, 0.05) is 31.3 Å². The second kappa shape index (κ2) is 8.55. The van der Waals surface area contributed by atoms with Crippen molar-refractivity contribution in [3.05, 3.63) is 64.0 Å². The largest absolute Gasteiger partial charge is 0.438 e. The molecule has 4 rings (SSSR count). The highest BCUT2D eigenvalue weighted by molar-refractivity contribution is 7.89. The lowest BCUT2D eigenvalue weighted by Gasteiger charge is -2.24. The van der Waals surface area contributed by atoms with Crippen molar-refractivity contribution in [2.24, 2.45) is 0 Å². The van der Waals surface area contributed by atoms with Gasteiger partial charge in [-0.15, -0.1) is 0 Å². The van der Waals surface area contributed by atoms with Gasteiger partial charge in [0.25, 0.3) is 21.6 Å². The average Bonchev–Trinajstić information content (AvgIpc) is 3.42. The first-order valence-corrected chi connectivity index (χ1v) is 11.4. The molecule has 0 saturated carbocycles. The minimum absolute atomic E-state index is 0.0683. The molecule has 1 aliphatic rings. The van der Waals surface area contributed by atoms with Crippen molar-refractivity contribution in [1.82, 2.24) is 14.1 Å². The second-order valence-electron chi connectivity index (χ2n) is 7.39. The zero-order valence-electron chi connectivity index (χ0n) is 17.2. The van der Waals surface area contributed by atoms with Crippen LogP contribution < -0.4 is 5.32 Å². The number of non-ortho nitro benzene ring substituents is 1. The van der Waals surface area contributed by atoms with Gasteiger partial charge in [0.1, 0.15) is 5.82 Å². The van der Waals surface area contributed by atoms with Crippen LogP contribution in [0.4, 0.5) is 11.5 Å². The topological polar surface area (TPSA) is 141 Å². The molecule has 32 heavy (non-hydrogen) atoms. The molecule has 1 aromatic carbocycles. The predicted molar refractivity (Wildman–Crippen MR) is 114 cm³/mol. The second-order valence-corrected chi connectivity index (χ2v) is 9.26. The quantitative estimate of drug-likeness (QED) is 0.441. The van der Waals surface area contributed by atoms with Crippen molar-refractivity contribution in [1.29, 1.82) is 0 Å². The lowest BCUT2D eigenvalue weighted by Crippen LogP contribution is -2.35. The van der Waals surface area contributed by atoms with Crippen LogP contribution in [0, 0.1) is 17.0 Å². The number of carbonyl (C=O) groups is 1. The van der Waals surface area contributed by atoms with E-state index in [0.29, 0.717) is 30.3 Å². The Morgan fingerprint density at radius 1 is 1.12 bits per heavy atom. The molecule has 3 heterocycles. The number of aryl methyl sites for hydroxylation is 1. The number of anilines is 1. The van der Waals surface area contributed by atoms with Gasteiger partial charge in [-0.05, 0) is 44.0 Å². The summed E-state index contributed by atoms with van der Waals surface area (Å²) in [6, 6.07) is 9.90. The number of furan rings is 1. The van der Waals surface area contributed by atoms with Crippen LogP contribution in [0.1, 0.15) is 35.5 Å². The van der Waals surface area contributed by atoms with Gasteiger partial charge in [-0.25, -0.2) is 13.1 Å². The van der Waals surface area contributed by atoms with Crippen LogP contribution in [0.2, 0.25) is 0 Å². The molecule has 0 radical (unpaired) electrons. The van der Waals surface area contributed by atoms with Crippen LogP contribution in [0.15, 0.2) is 52.0 Å². The summed E-state index contributed by atoms with van der Waals surface area (Å²) in [7, 11) is -3.79. The lowest BCUT2D eigenvalue weighted by molar-refractivity contribution is -0.384. The summed E-state index contributed by atoms with van der Waals surface area (Å²) in [5.41, 5.74) is 1.04. The molecule has 0 bridgehead atoms. The van der Waals surface area contributed by atoms with Crippen molar-refractivity contribution >= 4 is 27.4 Å². The zero-order valence-corrected chi connectivity index (χ0v) is 18.0. The Hall–Kier alpha value is -3.51. The maximum Gasteiger partial charge on any atom is 0.292 e. The number of benzene rings is 1. The number of nitrogens with one attached hydrogen (secondary N) is 1. The number of piperidine rings is 1. The number of carbonyl (C=O) groups excluding carboxylic acids is 1. The van der Waals surface area contributed by atoms with Gasteiger partial charge >= 0.3 is 0 Å². The van der Waals surface area contributed by atoms with Crippen molar-refractivity contribution in [2.45, 2.75) is 31.3 Å². The van der Waals surface area contributed by atoms with Gasteiger partial charge in [-0.2, -0.15) is 9.40 Å². The number of sulfonamides is 1. The van der Waals surface area contributed by atoms with E-state index >= 15 is 0 Å². The molecule has 3 aromatic rings. The summed E-state index contributed by atoms with van der Waals surface area (Å²) in [6.45, 7) is 2.59. The molecule has 1 amide bonds. The van der Waals surface area contributed by atoms with Crippen LogP contribution in [0.5, 0.6) is 0 Å². The highest BCUT2D eigenvalue weighted by Crippen LogP contribution is 2.24. The van der Waals surface area contributed by atoms with Crippen LogP contribution >= 0.6 is 0 Å². The molecule has 0 aliphatic carbocycles. The number of nitro groups is 1. The summed E-state index contributed by atoms with van der Waals surface area (Å²) in [5.74, 6) is -0.499. The molecular weight excluding hydrogens is 438 g/mol. The van der Waals surface area contributed by atoms with Gasteiger partial charge in [-0.1, -0.05) is 6.42 Å². The van der Waals surface area contributed by atoms with Gasteiger partial charge in [0.15, 0.2) is 5.76 Å². The third kappa shape index (κ3) is 4.27. The van der Waals surface area contributed by atoms with E-state index in [4.69, 9.17) is 4.42 Å². The highest BCUT2D eigenvalue weighted by Gasteiger charge is 2.30. The fourth-order valence-corrected chi connectivity index (χ4v) is 4.92. The molecule has 2 aromatic heterocycles. The summed E-state index contributed by atoms with van der Waals surface area (Å²) in [6.07, 6.45) is 2.57. The van der Waals surface area contributed by atoms with E-state index < -0.39 is 20.9 Å². The summed E-state index contributed by atoms with van der Waals surface area (Å²) in [4.78, 5) is 23.1. The van der Waals surface area contributed by atoms with Gasteiger partial charge in [-0.3, -0.25) is 14.9 Å². The molecule has 1 aliphatic heterocycles. The number of hydrogen-bond acceptors (Lipinski definition) is 7. The first kappa shape index (κ1) is 21.7. The molecular formula is C20H21N5O6S. The molecule has 168 valence electrons. The van der Waals surface area contributed by atoms with E-state index in [1.165, 1.54) is 45.4 Å². The molecule has 1 fully saturated rings.